The summed E-state index contributed by atoms with van der Waals surface area (Å²) < 4.78 is 11.0. The summed E-state index contributed by atoms with van der Waals surface area (Å²) in [7, 11) is 1.70. The maximum Gasteiger partial charge on any atom is 0.298 e. The number of hydrogen-bond acceptors (Lipinski definition) is 4. The van der Waals surface area contributed by atoms with Gasteiger partial charge in [-0.2, -0.15) is 0 Å². The lowest BCUT2D eigenvalue weighted by Gasteiger charge is -2.42. The maximum absolute atomic E-state index is 12.9. The topological polar surface area (TPSA) is 64.6 Å². The van der Waals surface area contributed by atoms with Crippen molar-refractivity contribution in [2.24, 2.45) is 0 Å². The lowest BCUT2D eigenvalue weighted by molar-refractivity contribution is -0.127. The molecule has 26 heavy (non-hydrogen) atoms. The van der Waals surface area contributed by atoms with Crippen molar-refractivity contribution in [1.29, 1.82) is 0 Å². The molecule has 140 valence electrons. The van der Waals surface area contributed by atoms with E-state index in [1.807, 2.05) is 26.0 Å². The maximum atomic E-state index is 12.9. The zero-order valence-electron chi connectivity index (χ0n) is 15.6. The third-order valence-corrected chi connectivity index (χ3v) is 6.03. The van der Waals surface area contributed by atoms with Crippen molar-refractivity contribution in [3.63, 3.8) is 0 Å². The third kappa shape index (κ3) is 3.03. The summed E-state index contributed by atoms with van der Waals surface area (Å²) in [6.45, 7) is 6.28. The van der Waals surface area contributed by atoms with Crippen LogP contribution in [0, 0.1) is 13.8 Å². The van der Waals surface area contributed by atoms with Crippen LogP contribution in [0.15, 0.2) is 17.9 Å². The first-order valence-electron chi connectivity index (χ1n) is 8.75. The molecule has 0 unspecified atom stereocenters. The van der Waals surface area contributed by atoms with Crippen LogP contribution in [-0.4, -0.2) is 30.6 Å². The zero-order chi connectivity index (χ0) is 19.1. The SMILES string of the molecule is COC1(C)CCC2(CC1)NC(=O)C(c1c(C)cc(Cl)cc1C)=C2OC=O. The van der Waals surface area contributed by atoms with E-state index in [1.165, 1.54) is 0 Å². The van der Waals surface area contributed by atoms with Crippen LogP contribution in [0.3, 0.4) is 0 Å². The van der Waals surface area contributed by atoms with Gasteiger partial charge in [-0.3, -0.25) is 9.59 Å². The molecular weight excluding hydrogens is 354 g/mol. The summed E-state index contributed by atoms with van der Waals surface area (Å²) >= 11 is 6.13. The fourth-order valence-electron chi connectivity index (χ4n) is 4.19. The van der Waals surface area contributed by atoms with Gasteiger partial charge in [-0.05, 0) is 75.3 Å². The van der Waals surface area contributed by atoms with Crippen LogP contribution >= 0.6 is 11.6 Å². The van der Waals surface area contributed by atoms with Crippen molar-refractivity contribution in [3.8, 4) is 0 Å². The Hall–Kier alpha value is -1.85. The molecule has 1 aliphatic heterocycles. The van der Waals surface area contributed by atoms with Crippen LogP contribution in [-0.2, 0) is 19.1 Å². The largest absolute Gasteiger partial charge is 0.430 e. The molecular formula is C20H24ClNO4. The Bertz CT molecular complexity index is 768. The van der Waals surface area contributed by atoms with Gasteiger partial charge < -0.3 is 14.8 Å². The summed E-state index contributed by atoms with van der Waals surface area (Å²) in [6, 6.07) is 3.63. The van der Waals surface area contributed by atoms with Crippen molar-refractivity contribution in [2.45, 2.75) is 57.6 Å². The number of ether oxygens (including phenoxy) is 2. The van der Waals surface area contributed by atoms with Gasteiger partial charge in [0.15, 0.2) is 0 Å². The summed E-state index contributed by atoms with van der Waals surface area (Å²) in [6.07, 6.45) is 2.84. The predicted octanol–water partition coefficient (Wildman–Crippen LogP) is 3.69. The Balaban J connectivity index is 2.12. The first kappa shape index (κ1) is 18.9. The van der Waals surface area contributed by atoms with Gasteiger partial charge in [0, 0.05) is 12.1 Å². The van der Waals surface area contributed by atoms with Gasteiger partial charge >= 0.3 is 0 Å². The van der Waals surface area contributed by atoms with E-state index in [2.05, 4.69) is 12.2 Å². The Morgan fingerprint density at radius 1 is 1.15 bits per heavy atom. The lowest BCUT2D eigenvalue weighted by atomic mass is 9.73. The highest BCUT2D eigenvalue weighted by Gasteiger charge is 2.51. The smallest absolute Gasteiger partial charge is 0.298 e. The van der Waals surface area contributed by atoms with E-state index >= 15 is 0 Å². The first-order chi connectivity index (χ1) is 12.2. The van der Waals surface area contributed by atoms with E-state index in [1.54, 1.807) is 7.11 Å². The molecule has 0 aromatic heterocycles. The highest BCUT2D eigenvalue weighted by atomic mass is 35.5. The van der Waals surface area contributed by atoms with Gasteiger partial charge in [-0.15, -0.1) is 0 Å². The molecule has 2 aliphatic rings. The Morgan fingerprint density at radius 2 is 1.73 bits per heavy atom. The highest BCUT2D eigenvalue weighted by molar-refractivity contribution is 6.31. The molecule has 3 rings (SSSR count). The second kappa shape index (κ2) is 6.71. The van der Waals surface area contributed by atoms with E-state index in [-0.39, 0.29) is 11.5 Å². The molecule has 1 spiro atoms. The minimum absolute atomic E-state index is 0.212. The Kier molecular flexibility index (Phi) is 4.88. The number of methoxy groups -OCH3 is 1. The number of carbonyl (C=O) groups excluding carboxylic acids is 2. The molecule has 0 radical (unpaired) electrons. The average molecular weight is 378 g/mol. The Labute approximate surface area is 158 Å². The van der Waals surface area contributed by atoms with E-state index in [9.17, 15) is 9.59 Å². The van der Waals surface area contributed by atoms with Gasteiger partial charge in [-0.1, -0.05) is 11.6 Å². The number of carbonyl (C=O) groups is 2. The minimum atomic E-state index is -0.663. The number of amides is 1. The Morgan fingerprint density at radius 3 is 2.23 bits per heavy atom. The van der Waals surface area contributed by atoms with Gasteiger partial charge in [0.1, 0.15) is 5.76 Å². The molecule has 1 amide bonds. The quantitative estimate of drug-likeness (QED) is 0.813. The van der Waals surface area contributed by atoms with Crippen molar-refractivity contribution >= 4 is 29.6 Å². The molecule has 1 aliphatic carbocycles. The van der Waals surface area contributed by atoms with Crippen LogP contribution in [0.2, 0.25) is 5.02 Å². The average Bonchev–Trinajstić information content (AvgIpc) is 2.83. The predicted molar refractivity (Wildman–Crippen MR) is 99.8 cm³/mol. The van der Waals surface area contributed by atoms with Gasteiger partial charge in [0.25, 0.3) is 12.4 Å². The molecule has 1 aromatic rings. The number of halogens is 1. The fourth-order valence-corrected chi connectivity index (χ4v) is 4.52. The van der Waals surface area contributed by atoms with E-state index in [4.69, 9.17) is 21.1 Å². The molecule has 1 N–H and O–H groups in total. The summed E-state index contributed by atoms with van der Waals surface area (Å²) in [4.78, 5) is 24.2. The van der Waals surface area contributed by atoms with Crippen molar-refractivity contribution in [2.75, 3.05) is 7.11 Å². The highest BCUT2D eigenvalue weighted by Crippen LogP contribution is 2.47. The van der Waals surface area contributed by atoms with Crippen LogP contribution < -0.4 is 5.32 Å². The van der Waals surface area contributed by atoms with E-state index in [0.717, 1.165) is 29.5 Å². The molecule has 6 heteroatoms. The van der Waals surface area contributed by atoms with E-state index < -0.39 is 5.54 Å². The number of hydrogen-bond donors (Lipinski definition) is 1. The van der Waals surface area contributed by atoms with E-state index in [0.29, 0.717) is 35.7 Å². The molecule has 1 saturated carbocycles. The number of rotatable bonds is 4. The summed E-state index contributed by atoms with van der Waals surface area (Å²) in [5.74, 6) is 0.209. The third-order valence-electron chi connectivity index (χ3n) is 5.81. The zero-order valence-corrected chi connectivity index (χ0v) is 16.3. The number of aryl methyl sites for hydroxylation is 2. The lowest BCUT2D eigenvalue weighted by Crippen LogP contribution is -2.51. The van der Waals surface area contributed by atoms with Crippen LogP contribution in [0.25, 0.3) is 5.57 Å². The summed E-state index contributed by atoms with van der Waals surface area (Å²) in [5, 5.41) is 3.71. The molecule has 0 saturated heterocycles. The van der Waals surface area contributed by atoms with Crippen LogP contribution in [0.4, 0.5) is 0 Å². The molecule has 0 bridgehead atoms. The van der Waals surface area contributed by atoms with Crippen molar-refractivity contribution in [3.05, 3.63) is 39.6 Å². The van der Waals surface area contributed by atoms with Crippen molar-refractivity contribution < 1.29 is 19.1 Å². The second-order valence-corrected chi connectivity index (χ2v) is 7.96. The van der Waals surface area contributed by atoms with Crippen LogP contribution in [0.5, 0.6) is 0 Å². The monoisotopic (exact) mass is 377 g/mol. The second-order valence-electron chi connectivity index (χ2n) is 7.52. The first-order valence-corrected chi connectivity index (χ1v) is 9.13. The van der Waals surface area contributed by atoms with Crippen molar-refractivity contribution in [1.82, 2.24) is 5.32 Å². The van der Waals surface area contributed by atoms with Gasteiger partial charge in [0.05, 0.1) is 16.7 Å². The number of benzene rings is 1. The molecule has 1 aromatic carbocycles. The molecule has 5 nitrogen and oxygen atoms in total. The normalized spacial score (nSPS) is 28.4. The van der Waals surface area contributed by atoms with Gasteiger partial charge in [0.2, 0.25) is 0 Å². The number of nitrogens with one attached hydrogen (secondary N) is 1. The molecule has 1 heterocycles. The minimum Gasteiger partial charge on any atom is -0.430 e. The molecule has 1 fully saturated rings. The van der Waals surface area contributed by atoms with Gasteiger partial charge in [-0.25, -0.2) is 0 Å². The fraction of sp³-hybridized carbons (Fsp3) is 0.500. The molecule has 0 atom stereocenters. The van der Waals surface area contributed by atoms with Crippen LogP contribution in [0.1, 0.15) is 49.3 Å². The standard InChI is InChI=1S/C20H24ClNO4/c1-12-9-14(21)10-13(2)15(12)16-17(26-11-23)20(22-18(16)24)7-5-19(3,25-4)6-8-20/h9-11H,5-8H2,1-4H3,(H,22,24). The summed E-state index contributed by atoms with van der Waals surface area (Å²) in [5.41, 5.74) is 2.08.